The summed E-state index contributed by atoms with van der Waals surface area (Å²) in [6, 6.07) is 6.17. The maximum Gasteiger partial charge on any atom is 0.122 e. The highest BCUT2D eigenvalue weighted by Gasteiger charge is 2.19. The lowest BCUT2D eigenvalue weighted by atomic mass is 10.2. The van der Waals surface area contributed by atoms with Crippen molar-refractivity contribution < 1.29 is 5.11 Å². The fourth-order valence-electron chi connectivity index (χ4n) is 1.92. The molecule has 0 spiro atoms. The van der Waals surface area contributed by atoms with Crippen LogP contribution in [0.15, 0.2) is 22.0 Å². The zero-order valence-corrected chi connectivity index (χ0v) is 13.0. The predicted molar refractivity (Wildman–Crippen MR) is 80.3 cm³/mol. The van der Waals surface area contributed by atoms with E-state index in [9.17, 15) is 5.11 Å². The molecular formula is C12H11BrOS3. The van der Waals surface area contributed by atoms with Crippen LogP contribution in [0, 0.1) is 0 Å². The molecule has 0 saturated carbocycles. The summed E-state index contributed by atoms with van der Waals surface area (Å²) in [6.07, 6.45) is 0.706. The SMILES string of the molecule is OC(c1ccc(Br)s1)c1cc2c(s1)CCSC2. The Morgan fingerprint density at radius 1 is 1.24 bits per heavy atom. The first kappa shape index (κ1) is 12.2. The summed E-state index contributed by atoms with van der Waals surface area (Å²) >= 11 is 8.80. The Labute approximate surface area is 121 Å². The van der Waals surface area contributed by atoms with Crippen LogP contribution >= 0.6 is 50.4 Å². The average Bonchev–Trinajstić information content (AvgIpc) is 2.93. The number of hydrogen-bond donors (Lipinski definition) is 1. The summed E-state index contributed by atoms with van der Waals surface area (Å²) < 4.78 is 1.07. The molecule has 0 radical (unpaired) electrons. The van der Waals surface area contributed by atoms with E-state index in [4.69, 9.17) is 0 Å². The molecule has 1 aliphatic heterocycles. The topological polar surface area (TPSA) is 20.2 Å². The minimum atomic E-state index is -0.452. The number of aliphatic hydroxyl groups excluding tert-OH is 1. The number of thiophene rings is 2. The molecule has 90 valence electrons. The monoisotopic (exact) mass is 346 g/mol. The first-order valence-electron chi connectivity index (χ1n) is 5.36. The molecule has 17 heavy (non-hydrogen) atoms. The fourth-order valence-corrected chi connectivity index (χ4v) is 5.81. The third-order valence-corrected chi connectivity index (χ3v) is 6.75. The quantitative estimate of drug-likeness (QED) is 0.867. The Bertz CT molecular complexity index is 508. The van der Waals surface area contributed by atoms with Gasteiger partial charge in [-0.3, -0.25) is 0 Å². The van der Waals surface area contributed by atoms with Crippen molar-refractivity contribution in [2.24, 2.45) is 0 Å². The van der Waals surface area contributed by atoms with Crippen molar-refractivity contribution in [2.75, 3.05) is 5.75 Å². The molecule has 2 aromatic rings. The number of aliphatic hydroxyl groups is 1. The molecule has 2 aromatic heterocycles. The molecule has 1 atom stereocenters. The lowest BCUT2D eigenvalue weighted by Crippen LogP contribution is -1.96. The van der Waals surface area contributed by atoms with Gasteiger partial charge in [0.05, 0.1) is 3.79 Å². The fraction of sp³-hybridized carbons (Fsp3) is 0.333. The van der Waals surface area contributed by atoms with Gasteiger partial charge in [0.2, 0.25) is 0 Å². The highest BCUT2D eigenvalue weighted by atomic mass is 79.9. The summed E-state index contributed by atoms with van der Waals surface area (Å²) in [6.45, 7) is 0. The van der Waals surface area contributed by atoms with Gasteiger partial charge < -0.3 is 5.11 Å². The van der Waals surface area contributed by atoms with E-state index in [0.29, 0.717) is 0 Å². The second-order valence-corrected chi connectivity index (χ2v) is 8.71. The zero-order valence-electron chi connectivity index (χ0n) is 8.98. The number of fused-ring (bicyclic) bond motifs is 1. The number of halogens is 1. The van der Waals surface area contributed by atoms with Crippen LogP contribution in [0.1, 0.15) is 26.3 Å². The van der Waals surface area contributed by atoms with Crippen molar-refractivity contribution in [3.8, 4) is 0 Å². The van der Waals surface area contributed by atoms with Gasteiger partial charge in [-0.15, -0.1) is 22.7 Å². The van der Waals surface area contributed by atoms with E-state index in [-0.39, 0.29) is 0 Å². The molecule has 0 fully saturated rings. The smallest absolute Gasteiger partial charge is 0.122 e. The Kier molecular flexibility index (Phi) is 3.64. The number of thioether (sulfide) groups is 1. The van der Waals surface area contributed by atoms with E-state index in [1.807, 2.05) is 23.9 Å². The van der Waals surface area contributed by atoms with Crippen molar-refractivity contribution in [1.82, 2.24) is 0 Å². The van der Waals surface area contributed by atoms with Crippen LogP contribution in [0.4, 0.5) is 0 Å². The second-order valence-electron chi connectivity index (χ2n) is 3.94. The number of aryl methyl sites for hydroxylation is 1. The van der Waals surface area contributed by atoms with E-state index in [0.717, 1.165) is 25.7 Å². The summed E-state index contributed by atoms with van der Waals surface area (Å²) in [7, 11) is 0. The molecule has 0 bridgehead atoms. The normalized spacial score (nSPS) is 16.8. The van der Waals surface area contributed by atoms with Crippen molar-refractivity contribution in [2.45, 2.75) is 18.3 Å². The lowest BCUT2D eigenvalue weighted by molar-refractivity contribution is 0.228. The minimum absolute atomic E-state index is 0.452. The van der Waals surface area contributed by atoms with Gasteiger partial charge >= 0.3 is 0 Å². The Balaban J connectivity index is 1.91. The van der Waals surface area contributed by atoms with Crippen molar-refractivity contribution >= 4 is 50.4 Å². The highest BCUT2D eigenvalue weighted by molar-refractivity contribution is 9.11. The minimum Gasteiger partial charge on any atom is -0.382 e. The van der Waals surface area contributed by atoms with Crippen molar-refractivity contribution in [1.29, 1.82) is 0 Å². The van der Waals surface area contributed by atoms with Gasteiger partial charge in [0.25, 0.3) is 0 Å². The molecule has 1 aliphatic rings. The Hall–Kier alpha value is 0.190. The molecule has 0 saturated heterocycles. The highest BCUT2D eigenvalue weighted by Crippen LogP contribution is 2.38. The molecule has 3 heterocycles. The Morgan fingerprint density at radius 2 is 2.12 bits per heavy atom. The summed E-state index contributed by atoms with van der Waals surface area (Å²) in [4.78, 5) is 3.57. The van der Waals surface area contributed by atoms with Crippen LogP contribution in [0.2, 0.25) is 0 Å². The van der Waals surface area contributed by atoms with E-state index >= 15 is 0 Å². The summed E-state index contributed by atoms with van der Waals surface area (Å²) in [5.74, 6) is 2.32. The van der Waals surface area contributed by atoms with Gasteiger partial charge in [-0.1, -0.05) is 0 Å². The van der Waals surface area contributed by atoms with Crippen LogP contribution in [0.3, 0.4) is 0 Å². The van der Waals surface area contributed by atoms with Crippen molar-refractivity contribution in [3.63, 3.8) is 0 Å². The van der Waals surface area contributed by atoms with E-state index in [2.05, 4.69) is 22.0 Å². The molecule has 1 nitrogen and oxygen atoms in total. The van der Waals surface area contributed by atoms with E-state index in [1.165, 1.54) is 16.2 Å². The van der Waals surface area contributed by atoms with Gasteiger partial charge in [0.15, 0.2) is 0 Å². The second kappa shape index (κ2) is 5.05. The molecule has 3 rings (SSSR count). The summed E-state index contributed by atoms with van der Waals surface area (Å²) in [5, 5.41) is 10.3. The molecule has 0 amide bonds. The maximum atomic E-state index is 10.3. The van der Waals surface area contributed by atoms with Crippen LogP contribution < -0.4 is 0 Å². The van der Waals surface area contributed by atoms with E-state index in [1.54, 1.807) is 22.7 Å². The first-order valence-corrected chi connectivity index (χ1v) is 8.94. The van der Waals surface area contributed by atoms with Gasteiger partial charge in [0, 0.05) is 20.4 Å². The maximum absolute atomic E-state index is 10.3. The van der Waals surface area contributed by atoms with Crippen molar-refractivity contribution in [3.05, 3.63) is 42.2 Å². The predicted octanol–water partition coefficient (Wildman–Crippen LogP) is 4.44. The van der Waals surface area contributed by atoms with Crippen LogP contribution in [-0.2, 0) is 12.2 Å². The third-order valence-electron chi connectivity index (χ3n) is 2.78. The first-order chi connectivity index (χ1) is 8.24. The molecule has 0 aliphatic carbocycles. The number of rotatable bonds is 2. The summed E-state index contributed by atoms with van der Waals surface area (Å²) in [5.41, 5.74) is 1.43. The molecule has 5 heteroatoms. The largest absolute Gasteiger partial charge is 0.382 e. The molecular weight excluding hydrogens is 336 g/mol. The van der Waals surface area contributed by atoms with Gasteiger partial charge in [-0.25, -0.2) is 0 Å². The van der Waals surface area contributed by atoms with Gasteiger partial charge in [-0.05, 0) is 51.9 Å². The Morgan fingerprint density at radius 3 is 2.82 bits per heavy atom. The van der Waals surface area contributed by atoms with Crippen LogP contribution in [0.25, 0.3) is 0 Å². The zero-order chi connectivity index (χ0) is 11.8. The van der Waals surface area contributed by atoms with E-state index < -0.39 is 6.10 Å². The third kappa shape index (κ3) is 2.49. The molecule has 1 N–H and O–H groups in total. The van der Waals surface area contributed by atoms with Gasteiger partial charge in [-0.2, -0.15) is 11.8 Å². The number of hydrogen-bond acceptors (Lipinski definition) is 4. The molecule has 1 unspecified atom stereocenters. The molecule has 0 aromatic carbocycles. The standard InChI is InChI=1S/C12H11BrOS3/c13-11-2-1-9(17-11)12(14)10-5-7-6-15-4-3-8(7)16-10/h1-2,5,12,14H,3-4,6H2. The van der Waals surface area contributed by atoms with Crippen LogP contribution in [0.5, 0.6) is 0 Å². The average molecular weight is 347 g/mol. The van der Waals surface area contributed by atoms with Crippen LogP contribution in [-0.4, -0.2) is 10.9 Å². The van der Waals surface area contributed by atoms with Gasteiger partial charge in [0.1, 0.15) is 6.10 Å². The lowest BCUT2D eigenvalue weighted by Gasteiger charge is -2.08.